The second kappa shape index (κ2) is 9.73. The van der Waals surface area contributed by atoms with Crippen LogP contribution in [-0.4, -0.2) is 12.8 Å². The van der Waals surface area contributed by atoms with Gasteiger partial charge in [0, 0.05) is 12.8 Å². The molecular formula is C21H25N. The number of unbranched alkanes of at least 4 members (excludes halogenated alkanes) is 3. The summed E-state index contributed by atoms with van der Waals surface area (Å²) in [5.41, 5.74) is 3.58. The van der Waals surface area contributed by atoms with Gasteiger partial charge in [-0.15, -0.1) is 0 Å². The molecule has 0 saturated carbocycles. The van der Waals surface area contributed by atoms with Crippen LogP contribution in [-0.2, 0) is 6.42 Å². The van der Waals surface area contributed by atoms with Gasteiger partial charge in [-0.3, -0.25) is 4.99 Å². The van der Waals surface area contributed by atoms with Gasteiger partial charge in [-0.05, 0) is 36.0 Å². The number of aryl methyl sites for hydroxylation is 1. The summed E-state index contributed by atoms with van der Waals surface area (Å²) in [6.07, 6.45) is 8.05. The van der Waals surface area contributed by atoms with E-state index in [9.17, 15) is 0 Å². The Labute approximate surface area is 134 Å². The molecule has 0 spiro atoms. The highest BCUT2D eigenvalue weighted by Crippen LogP contribution is 2.10. The monoisotopic (exact) mass is 291 g/mol. The van der Waals surface area contributed by atoms with Crippen LogP contribution in [0.3, 0.4) is 0 Å². The van der Waals surface area contributed by atoms with Gasteiger partial charge in [0.25, 0.3) is 0 Å². The summed E-state index contributed by atoms with van der Waals surface area (Å²) in [6.45, 7) is 4.96. The molecule has 0 aliphatic rings. The number of rotatable bonds is 9. The predicted molar refractivity (Wildman–Crippen MR) is 97.4 cm³/mol. The van der Waals surface area contributed by atoms with Crippen molar-refractivity contribution < 1.29 is 0 Å². The Hall–Kier alpha value is -2.15. The first-order valence-corrected chi connectivity index (χ1v) is 8.14. The van der Waals surface area contributed by atoms with Gasteiger partial charge in [0.2, 0.25) is 0 Å². The van der Waals surface area contributed by atoms with Crippen molar-refractivity contribution >= 4 is 11.8 Å². The van der Waals surface area contributed by atoms with E-state index in [1.807, 2.05) is 24.4 Å². The van der Waals surface area contributed by atoms with Crippen molar-refractivity contribution in [2.75, 3.05) is 6.54 Å². The van der Waals surface area contributed by atoms with E-state index >= 15 is 0 Å². The lowest BCUT2D eigenvalue weighted by Gasteiger charge is -2.01. The molecule has 0 aliphatic carbocycles. The Morgan fingerprint density at radius 2 is 1.45 bits per heavy atom. The molecule has 0 unspecified atom stereocenters. The first-order chi connectivity index (χ1) is 10.9. The van der Waals surface area contributed by atoms with Gasteiger partial charge in [-0.2, -0.15) is 0 Å². The largest absolute Gasteiger partial charge is 0.293 e. The number of aliphatic imine (C=N–C) groups is 1. The molecule has 0 bridgehead atoms. The lowest BCUT2D eigenvalue weighted by Crippen LogP contribution is -1.88. The topological polar surface area (TPSA) is 12.4 Å². The average Bonchev–Trinajstić information content (AvgIpc) is 2.59. The molecular weight excluding hydrogens is 266 g/mol. The van der Waals surface area contributed by atoms with Crippen molar-refractivity contribution in [2.24, 2.45) is 4.99 Å². The van der Waals surface area contributed by atoms with E-state index < -0.39 is 0 Å². The summed E-state index contributed by atoms with van der Waals surface area (Å²) in [7, 11) is 0. The SMILES string of the molecule is C=C(C=NCCCCCCc1ccccc1)c1ccccc1. The second-order valence-corrected chi connectivity index (χ2v) is 5.58. The van der Waals surface area contributed by atoms with Gasteiger partial charge >= 0.3 is 0 Å². The smallest absolute Gasteiger partial charge is 0.0389 e. The molecule has 0 saturated heterocycles. The third-order valence-corrected chi connectivity index (χ3v) is 3.74. The third-order valence-electron chi connectivity index (χ3n) is 3.74. The van der Waals surface area contributed by atoms with Gasteiger partial charge in [-0.25, -0.2) is 0 Å². The van der Waals surface area contributed by atoms with E-state index in [0.29, 0.717) is 0 Å². The Bertz CT molecular complexity index is 569. The molecule has 2 rings (SSSR count). The molecule has 1 nitrogen and oxygen atoms in total. The molecule has 2 aromatic rings. The number of benzene rings is 2. The van der Waals surface area contributed by atoms with Crippen LogP contribution in [0.2, 0.25) is 0 Å². The highest BCUT2D eigenvalue weighted by molar-refractivity contribution is 6.08. The van der Waals surface area contributed by atoms with Gasteiger partial charge in [0.1, 0.15) is 0 Å². The van der Waals surface area contributed by atoms with Crippen molar-refractivity contribution in [2.45, 2.75) is 32.1 Å². The average molecular weight is 291 g/mol. The maximum atomic E-state index is 4.48. The fourth-order valence-electron chi connectivity index (χ4n) is 2.43. The normalized spacial score (nSPS) is 10.9. The second-order valence-electron chi connectivity index (χ2n) is 5.58. The molecule has 0 aliphatic heterocycles. The van der Waals surface area contributed by atoms with Crippen LogP contribution in [0, 0.1) is 0 Å². The highest BCUT2D eigenvalue weighted by Gasteiger charge is 1.94. The molecule has 0 heterocycles. The molecule has 1 heteroatoms. The van der Waals surface area contributed by atoms with Crippen LogP contribution in [0.25, 0.3) is 5.57 Å². The van der Waals surface area contributed by atoms with E-state index in [2.05, 4.69) is 54.0 Å². The van der Waals surface area contributed by atoms with Crippen LogP contribution in [0.5, 0.6) is 0 Å². The van der Waals surface area contributed by atoms with Crippen molar-refractivity contribution in [1.82, 2.24) is 0 Å². The van der Waals surface area contributed by atoms with Crippen molar-refractivity contribution in [1.29, 1.82) is 0 Å². The van der Waals surface area contributed by atoms with E-state index in [-0.39, 0.29) is 0 Å². The minimum atomic E-state index is 0.900. The fraction of sp³-hybridized carbons (Fsp3) is 0.286. The van der Waals surface area contributed by atoms with E-state index in [0.717, 1.165) is 24.1 Å². The molecule has 0 N–H and O–H groups in total. The van der Waals surface area contributed by atoms with E-state index in [4.69, 9.17) is 0 Å². The first-order valence-electron chi connectivity index (χ1n) is 8.14. The van der Waals surface area contributed by atoms with Crippen LogP contribution < -0.4 is 0 Å². The summed E-state index contributed by atoms with van der Waals surface area (Å²) in [4.78, 5) is 4.48. The van der Waals surface area contributed by atoms with Crippen LogP contribution in [0.15, 0.2) is 72.2 Å². The number of hydrogen-bond donors (Lipinski definition) is 0. The quantitative estimate of drug-likeness (QED) is 0.423. The van der Waals surface area contributed by atoms with E-state index in [1.165, 1.54) is 31.2 Å². The van der Waals surface area contributed by atoms with Gasteiger partial charge < -0.3 is 0 Å². The summed E-state index contributed by atoms with van der Waals surface area (Å²) in [6, 6.07) is 20.9. The lowest BCUT2D eigenvalue weighted by molar-refractivity contribution is 0.648. The Morgan fingerprint density at radius 3 is 2.18 bits per heavy atom. The van der Waals surface area contributed by atoms with Gasteiger partial charge in [0.15, 0.2) is 0 Å². The molecule has 0 amide bonds. The molecule has 0 aromatic heterocycles. The summed E-state index contributed by atoms with van der Waals surface area (Å²) < 4.78 is 0. The van der Waals surface area contributed by atoms with Gasteiger partial charge in [-0.1, -0.05) is 80.1 Å². The summed E-state index contributed by atoms with van der Waals surface area (Å²) in [5, 5.41) is 0. The minimum absolute atomic E-state index is 0.900. The summed E-state index contributed by atoms with van der Waals surface area (Å²) in [5.74, 6) is 0. The summed E-state index contributed by atoms with van der Waals surface area (Å²) >= 11 is 0. The standard InChI is InChI=1S/C21H25N/c1-19(21-15-9-5-10-16-21)18-22-17-11-3-2-6-12-20-13-7-4-8-14-20/h4-5,7-10,13-16,18H,1-3,6,11-12,17H2. The van der Waals surface area contributed by atoms with Crippen LogP contribution >= 0.6 is 0 Å². The minimum Gasteiger partial charge on any atom is -0.293 e. The zero-order valence-electron chi connectivity index (χ0n) is 13.2. The Kier molecular flexibility index (Phi) is 7.17. The maximum absolute atomic E-state index is 4.48. The molecule has 0 atom stereocenters. The van der Waals surface area contributed by atoms with Crippen molar-refractivity contribution in [3.63, 3.8) is 0 Å². The molecule has 22 heavy (non-hydrogen) atoms. The number of nitrogens with zero attached hydrogens (tertiary/aromatic N) is 1. The van der Waals surface area contributed by atoms with Crippen LogP contribution in [0.4, 0.5) is 0 Å². The number of hydrogen-bond acceptors (Lipinski definition) is 1. The Balaban J connectivity index is 1.54. The number of allylic oxidation sites excluding steroid dienone is 1. The Morgan fingerprint density at radius 1 is 0.818 bits per heavy atom. The van der Waals surface area contributed by atoms with Gasteiger partial charge in [0.05, 0.1) is 0 Å². The van der Waals surface area contributed by atoms with E-state index in [1.54, 1.807) is 0 Å². The lowest BCUT2D eigenvalue weighted by atomic mass is 10.1. The fourth-order valence-corrected chi connectivity index (χ4v) is 2.43. The zero-order valence-corrected chi connectivity index (χ0v) is 13.2. The molecule has 114 valence electrons. The first kappa shape index (κ1) is 16.2. The van der Waals surface area contributed by atoms with Crippen molar-refractivity contribution in [3.8, 4) is 0 Å². The third kappa shape index (κ3) is 6.09. The van der Waals surface area contributed by atoms with Crippen LogP contribution in [0.1, 0.15) is 36.8 Å². The molecule has 0 fully saturated rings. The molecule has 2 aromatic carbocycles. The molecule has 0 radical (unpaired) electrons. The zero-order chi connectivity index (χ0) is 15.5. The maximum Gasteiger partial charge on any atom is 0.0389 e. The highest BCUT2D eigenvalue weighted by atomic mass is 14.7. The predicted octanol–water partition coefficient (Wildman–Crippen LogP) is 5.57. The van der Waals surface area contributed by atoms with Crippen molar-refractivity contribution in [3.05, 3.63) is 78.4 Å².